The second kappa shape index (κ2) is 5.63. The molecule has 2 aromatic rings. The highest BCUT2D eigenvalue weighted by Crippen LogP contribution is 2.14. The van der Waals surface area contributed by atoms with E-state index in [9.17, 15) is 5.11 Å². The van der Waals surface area contributed by atoms with Crippen molar-refractivity contribution in [2.75, 3.05) is 0 Å². The first kappa shape index (κ1) is 13.4. The fourth-order valence-electron chi connectivity index (χ4n) is 2.22. The van der Waals surface area contributed by atoms with Crippen molar-refractivity contribution in [3.63, 3.8) is 0 Å². The quantitative estimate of drug-likeness (QED) is 0.536. The number of nitrogens with zero attached hydrogens (tertiary/aromatic N) is 2. The van der Waals surface area contributed by atoms with Crippen LogP contribution in [0, 0.1) is 0 Å². The summed E-state index contributed by atoms with van der Waals surface area (Å²) in [4.78, 5) is 0. The maximum Gasteiger partial charge on any atom is 0.283 e. The van der Waals surface area contributed by atoms with Crippen LogP contribution >= 0.6 is 0 Å². The third-order valence-electron chi connectivity index (χ3n) is 2.86. The molecule has 0 amide bonds. The lowest BCUT2D eigenvalue weighted by Crippen LogP contribution is -3.00. The SMILES string of the molecule is CCn1c(CO)[n+](CC)c2ccccc21.[I-]. The molecule has 3 nitrogen and oxygen atoms in total. The molecule has 0 saturated heterocycles. The molecule has 88 valence electrons. The molecule has 4 heteroatoms. The molecule has 1 aromatic carbocycles. The van der Waals surface area contributed by atoms with E-state index in [2.05, 4.69) is 35.1 Å². The van der Waals surface area contributed by atoms with Gasteiger partial charge in [0.1, 0.15) is 6.61 Å². The minimum atomic E-state index is 0. The molecule has 0 bridgehead atoms. The number of hydrogen-bond acceptors (Lipinski definition) is 1. The Morgan fingerprint density at radius 3 is 2.50 bits per heavy atom. The summed E-state index contributed by atoms with van der Waals surface area (Å²) in [7, 11) is 0. The van der Waals surface area contributed by atoms with Gasteiger partial charge in [0.25, 0.3) is 5.82 Å². The summed E-state index contributed by atoms with van der Waals surface area (Å²) < 4.78 is 4.33. The van der Waals surface area contributed by atoms with Crippen LogP contribution < -0.4 is 28.5 Å². The Bertz CT molecular complexity index is 438. The number of halogens is 1. The molecular weight excluding hydrogens is 315 g/mol. The zero-order valence-corrected chi connectivity index (χ0v) is 11.8. The van der Waals surface area contributed by atoms with Gasteiger partial charge in [0, 0.05) is 0 Å². The molecule has 0 aliphatic rings. The number of imidazole rings is 1. The van der Waals surface area contributed by atoms with Crippen molar-refractivity contribution in [1.82, 2.24) is 4.57 Å². The second-order valence-electron chi connectivity index (χ2n) is 3.55. The van der Waals surface area contributed by atoms with Gasteiger partial charge in [-0.15, -0.1) is 0 Å². The maximum atomic E-state index is 9.42. The monoisotopic (exact) mass is 332 g/mol. The first-order valence-electron chi connectivity index (χ1n) is 5.44. The molecule has 0 saturated carbocycles. The van der Waals surface area contributed by atoms with Crippen molar-refractivity contribution >= 4 is 11.0 Å². The van der Waals surface area contributed by atoms with Crippen molar-refractivity contribution < 1.29 is 33.7 Å². The molecule has 2 rings (SSSR count). The lowest BCUT2D eigenvalue weighted by Gasteiger charge is -1.97. The van der Waals surface area contributed by atoms with Gasteiger partial charge in [0.2, 0.25) is 0 Å². The van der Waals surface area contributed by atoms with Crippen LogP contribution in [0.3, 0.4) is 0 Å². The van der Waals surface area contributed by atoms with Crippen LogP contribution in [-0.4, -0.2) is 9.67 Å². The van der Waals surface area contributed by atoms with Crippen molar-refractivity contribution in [2.45, 2.75) is 33.5 Å². The Morgan fingerprint density at radius 2 is 1.94 bits per heavy atom. The van der Waals surface area contributed by atoms with Gasteiger partial charge in [-0.3, -0.25) is 0 Å². The summed E-state index contributed by atoms with van der Waals surface area (Å²) in [5, 5.41) is 9.42. The third-order valence-corrected chi connectivity index (χ3v) is 2.86. The largest absolute Gasteiger partial charge is 1.00 e. The van der Waals surface area contributed by atoms with Gasteiger partial charge in [-0.2, -0.15) is 0 Å². The van der Waals surface area contributed by atoms with E-state index in [-0.39, 0.29) is 30.6 Å². The van der Waals surface area contributed by atoms with Crippen LogP contribution in [0.25, 0.3) is 11.0 Å². The predicted molar refractivity (Wildman–Crippen MR) is 59.4 cm³/mol. The molecule has 1 heterocycles. The smallest absolute Gasteiger partial charge is 0.283 e. The molecule has 0 fully saturated rings. The van der Waals surface area contributed by atoms with Gasteiger partial charge in [0.05, 0.1) is 13.1 Å². The third kappa shape index (κ3) is 1.96. The zero-order chi connectivity index (χ0) is 10.8. The summed E-state index contributed by atoms with van der Waals surface area (Å²) >= 11 is 0. The zero-order valence-electron chi connectivity index (χ0n) is 9.65. The molecule has 1 aromatic heterocycles. The van der Waals surface area contributed by atoms with E-state index in [1.54, 1.807) is 0 Å². The lowest BCUT2D eigenvalue weighted by atomic mass is 10.3. The van der Waals surface area contributed by atoms with Crippen molar-refractivity contribution in [1.29, 1.82) is 0 Å². The fourth-order valence-corrected chi connectivity index (χ4v) is 2.22. The second-order valence-corrected chi connectivity index (χ2v) is 3.55. The number of para-hydroxylation sites is 2. The van der Waals surface area contributed by atoms with Crippen LogP contribution in [0.1, 0.15) is 19.7 Å². The standard InChI is InChI=1S/C12H17N2O.HI/c1-3-13-10-7-5-6-8-11(10)14(4-2)12(13)9-15;/h5-8,15H,3-4,9H2,1-2H3;1H/q+1;/p-1. The first-order chi connectivity index (χ1) is 7.33. The average Bonchev–Trinajstić information content (AvgIpc) is 2.61. The van der Waals surface area contributed by atoms with E-state index in [0.29, 0.717) is 0 Å². The van der Waals surface area contributed by atoms with Crippen molar-refractivity contribution in [3.05, 3.63) is 30.1 Å². The highest BCUT2D eigenvalue weighted by atomic mass is 127. The van der Waals surface area contributed by atoms with Gasteiger partial charge in [-0.05, 0) is 26.0 Å². The van der Waals surface area contributed by atoms with Crippen molar-refractivity contribution in [2.24, 2.45) is 0 Å². The van der Waals surface area contributed by atoms with Gasteiger partial charge in [-0.25, -0.2) is 9.13 Å². The molecule has 0 aliphatic heterocycles. The summed E-state index contributed by atoms with van der Waals surface area (Å²) in [6, 6.07) is 8.28. The number of aliphatic hydroxyl groups is 1. The summed E-state index contributed by atoms with van der Waals surface area (Å²) in [5.74, 6) is 0.987. The first-order valence-corrected chi connectivity index (χ1v) is 5.44. The molecule has 0 aliphatic carbocycles. The normalized spacial score (nSPS) is 10.4. The minimum absolute atomic E-state index is 0. The van der Waals surface area contributed by atoms with Crippen molar-refractivity contribution in [3.8, 4) is 0 Å². The Kier molecular flexibility index (Phi) is 4.73. The molecule has 16 heavy (non-hydrogen) atoms. The fraction of sp³-hybridized carbons (Fsp3) is 0.417. The molecule has 0 unspecified atom stereocenters. The van der Waals surface area contributed by atoms with E-state index in [0.717, 1.165) is 18.9 Å². The highest BCUT2D eigenvalue weighted by molar-refractivity contribution is 5.72. The van der Waals surface area contributed by atoms with E-state index in [4.69, 9.17) is 0 Å². The van der Waals surface area contributed by atoms with Crippen LogP contribution in [0.4, 0.5) is 0 Å². The number of benzene rings is 1. The Labute approximate surface area is 113 Å². The van der Waals surface area contributed by atoms with Crippen LogP contribution in [0.2, 0.25) is 0 Å². The predicted octanol–water partition coefficient (Wildman–Crippen LogP) is -1.54. The van der Waals surface area contributed by atoms with E-state index >= 15 is 0 Å². The number of fused-ring (bicyclic) bond motifs is 1. The molecular formula is C12H17IN2O. The summed E-state index contributed by atoms with van der Waals surface area (Å²) in [6.45, 7) is 6.08. The number of aromatic nitrogens is 2. The molecule has 1 N–H and O–H groups in total. The number of aryl methyl sites for hydroxylation is 2. The average molecular weight is 332 g/mol. The topological polar surface area (TPSA) is 29.0 Å². The van der Waals surface area contributed by atoms with E-state index in [1.165, 1.54) is 11.0 Å². The maximum absolute atomic E-state index is 9.42. The highest BCUT2D eigenvalue weighted by Gasteiger charge is 2.21. The van der Waals surface area contributed by atoms with Gasteiger partial charge < -0.3 is 29.1 Å². The van der Waals surface area contributed by atoms with Gasteiger partial charge in [0.15, 0.2) is 11.0 Å². The Balaban J connectivity index is 0.00000128. The van der Waals surface area contributed by atoms with Crippen LogP contribution in [0.15, 0.2) is 24.3 Å². The van der Waals surface area contributed by atoms with E-state index < -0.39 is 0 Å². The number of aliphatic hydroxyl groups excluding tert-OH is 1. The molecule has 0 radical (unpaired) electrons. The summed E-state index contributed by atoms with van der Waals surface area (Å²) in [5.41, 5.74) is 2.40. The molecule has 0 atom stereocenters. The van der Waals surface area contributed by atoms with Crippen LogP contribution in [-0.2, 0) is 19.7 Å². The lowest BCUT2D eigenvalue weighted by molar-refractivity contribution is -0.678. The van der Waals surface area contributed by atoms with Gasteiger partial charge >= 0.3 is 0 Å². The molecule has 0 spiro atoms. The van der Waals surface area contributed by atoms with E-state index in [1.807, 2.05) is 12.1 Å². The van der Waals surface area contributed by atoms with Gasteiger partial charge in [-0.1, -0.05) is 12.1 Å². The number of hydrogen-bond donors (Lipinski definition) is 1. The Hall–Kier alpha value is -0.620. The van der Waals surface area contributed by atoms with Crippen LogP contribution in [0.5, 0.6) is 0 Å². The Morgan fingerprint density at radius 1 is 1.25 bits per heavy atom. The number of rotatable bonds is 3. The minimum Gasteiger partial charge on any atom is -1.00 e. The summed E-state index contributed by atoms with van der Waals surface area (Å²) in [6.07, 6.45) is 0.